The van der Waals surface area contributed by atoms with Gasteiger partial charge in [0.2, 0.25) is 0 Å². The lowest BCUT2D eigenvalue weighted by Gasteiger charge is -2.25. The minimum Gasteiger partial charge on any atom is -0.455 e. The van der Waals surface area contributed by atoms with Crippen molar-refractivity contribution in [1.29, 1.82) is 0 Å². The molecule has 1 saturated carbocycles. The highest BCUT2D eigenvalue weighted by Gasteiger charge is 2.22. The second kappa shape index (κ2) is 5.33. The fourth-order valence-corrected chi connectivity index (χ4v) is 2.09. The van der Waals surface area contributed by atoms with Gasteiger partial charge in [-0.3, -0.25) is 4.79 Å². The van der Waals surface area contributed by atoms with E-state index in [1.54, 1.807) is 12.1 Å². The van der Waals surface area contributed by atoms with Crippen molar-refractivity contribution in [2.24, 2.45) is 5.73 Å². The fourth-order valence-electron chi connectivity index (χ4n) is 2.09. The molecule has 2 rings (SSSR count). The Kier molecular flexibility index (Phi) is 3.81. The molecule has 0 aliphatic heterocycles. The Labute approximate surface area is 100.0 Å². The quantitative estimate of drug-likeness (QED) is 0.725. The molecule has 1 aliphatic rings. The molecule has 0 bridgehead atoms. The second-order valence-corrected chi connectivity index (χ2v) is 4.45. The van der Waals surface area contributed by atoms with Gasteiger partial charge < -0.3 is 20.6 Å². The van der Waals surface area contributed by atoms with E-state index in [2.05, 4.69) is 5.32 Å². The minimum absolute atomic E-state index is 0.136. The van der Waals surface area contributed by atoms with Crippen LogP contribution in [0.4, 0.5) is 0 Å². The number of carbonyl (C=O) groups excluding carboxylic acids is 1. The molecule has 1 fully saturated rings. The molecule has 1 aromatic rings. The molecule has 5 heteroatoms. The molecule has 1 aromatic heterocycles. The van der Waals surface area contributed by atoms with Crippen molar-refractivity contribution in [3.63, 3.8) is 0 Å². The highest BCUT2D eigenvalue weighted by atomic mass is 16.4. The van der Waals surface area contributed by atoms with Crippen LogP contribution >= 0.6 is 0 Å². The van der Waals surface area contributed by atoms with Gasteiger partial charge in [0.15, 0.2) is 5.76 Å². The summed E-state index contributed by atoms with van der Waals surface area (Å²) < 4.78 is 5.27. The molecule has 0 radical (unpaired) electrons. The summed E-state index contributed by atoms with van der Waals surface area (Å²) in [5.74, 6) is 0.705. The van der Waals surface area contributed by atoms with Gasteiger partial charge in [0.25, 0.3) is 5.91 Å². The number of hydrogen-bond acceptors (Lipinski definition) is 4. The minimum atomic E-state index is -0.212. The number of rotatable bonds is 3. The molecule has 5 nitrogen and oxygen atoms in total. The van der Waals surface area contributed by atoms with Crippen LogP contribution in [0.1, 0.15) is 42.0 Å². The average Bonchev–Trinajstić information content (AvgIpc) is 2.81. The number of furan rings is 1. The normalized spacial score (nSPS) is 24.6. The van der Waals surface area contributed by atoms with Crippen molar-refractivity contribution >= 4 is 5.91 Å². The topological polar surface area (TPSA) is 88.5 Å². The van der Waals surface area contributed by atoms with Gasteiger partial charge in [-0.05, 0) is 37.8 Å². The lowest BCUT2D eigenvalue weighted by atomic mass is 9.93. The van der Waals surface area contributed by atoms with E-state index in [0.29, 0.717) is 18.1 Å². The molecule has 17 heavy (non-hydrogen) atoms. The van der Waals surface area contributed by atoms with E-state index >= 15 is 0 Å². The van der Waals surface area contributed by atoms with Crippen LogP contribution in [0.25, 0.3) is 0 Å². The first-order valence-electron chi connectivity index (χ1n) is 5.96. The molecule has 1 amide bonds. The Balaban J connectivity index is 1.88. The molecule has 94 valence electrons. The number of aliphatic hydroxyl groups excluding tert-OH is 1. The van der Waals surface area contributed by atoms with E-state index in [1.165, 1.54) is 0 Å². The molecule has 4 N–H and O–H groups in total. The molecule has 1 heterocycles. The van der Waals surface area contributed by atoms with Crippen molar-refractivity contribution in [1.82, 2.24) is 5.32 Å². The Morgan fingerprint density at radius 1 is 1.41 bits per heavy atom. The third-order valence-corrected chi connectivity index (χ3v) is 3.12. The Bertz CT molecular complexity index is 381. The highest BCUT2D eigenvalue weighted by Crippen LogP contribution is 2.19. The lowest BCUT2D eigenvalue weighted by Crippen LogP contribution is -2.38. The van der Waals surface area contributed by atoms with Crippen molar-refractivity contribution < 1.29 is 14.3 Å². The van der Waals surface area contributed by atoms with E-state index in [1.807, 2.05) is 0 Å². The maximum atomic E-state index is 11.8. The third kappa shape index (κ3) is 3.08. The standard InChI is InChI=1S/C12H18N2O3/c13-7-10-5-6-11(17-10)12(16)14-8-1-3-9(15)4-2-8/h5-6,8-9,15H,1-4,7,13H2,(H,14,16). The zero-order valence-corrected chi connectivity index (χ0v) is 9.69. The van der Waals surface area contributed by atoms with Crippen LogP contribution < -0.4 is 11.1 Å². The van der Waals surface area contributed by atoms with Crippen LogP contribution in [0.5, 0.6) is 0 Å². The Morgan fingerprint density at radius 3 is 2.71 bits per heavy atom. The molecular weight excluding hydrogens is 220 g/mol. The maximum Gasteiger partial charge on any atom is 0.287 e. The van der Waals surface area contributed by atoms with Crippen molar-refractivity contribution in [2.75, 3.05) is 0 Å². The van der Waals surface area contributed by atoms with E-state index < -0.39 is 0 Å². The predicted molar refractivity (Wildman–Crippen MR) is 62.3 cm³/mol. The summed E-state index contributed by atoms with van der Waals surface area (Å²) in [6.45, 7) is 0.295. The third-order valence-electron chi connectivity index (χ3n) is 3.12. The van der Waals surface area contributed by atoms with Crippen LogP contribution in [0.15, 0.2) is 16.5 Å². The molecule has 0 aromatic carbocycles. The van der Waals surface area contributed by atoms with Crippen LogP contribution in [-0.4, -0.2) is 23.2 Å². The Hall–Kier alpha value is -1.33. The monoisotopic (exact) mass is 238 g/mol. The number of carbonyl (C=O) groups is 1. The maximum absolute atomic E-state index is 11.8. The van der Waals surface area contributed by atoms with E-state index in [-0.39, 0.29) is 18.1 Å². The van der Waals surface area contributed by atoms with Gasteiger partial charge in [-0.1, -0.05) is 0 Å². The van der Waals surface area contributed by atoms with Gasteiger partial charge >= 0.3 is 0 Å². The summed E-state index contributed by atoms with van der Waals surface area (Å²) in [6, 6.07) is 3.48. The summed E-state index contributed by atoms with van der Waals surface area (Å²) in [4.78, 5) is 11.8. The van der Waals surface area contributed by atoms with Gasteiger partial charge in [-0.15, -0.1) is 0 Å². The number of nitrogens with two attached hydrogens (primary N) is 1. The van der Waals surface area contributed by atoms with Gasteiger partial charge in [-0.25, -0.2) is 0 Å². The van der Waals surface area contributed by atoms with Gasteiger partial charge in [0.05, 0.1) is 12.6 Å². The molecule has 0 saturated heterocycles. The Morgan fingerprint density at radius 2 is 2.12 bits per heavy atom. The van der Waals surface area contributed by atoms with E-state index in [4.69, 9.17) is 10.2 Å². The smallest absolute Gasteiger partial charge is 0.287 e. The second-order valence-electron chi connectivity index (χ2n) is 4.45. The van der Waals surface area contributed by atoms with Gasteiger partial charge in [-0.2, -0.15) is 0 Å². The summed E-state index contributed by atoms with van der Waals surface area (Å²) in [7, 11) is 0. The van der Waals surface area contributed by atoms with Crippen molar-refractivity contribution in [2.45, 2.75) is 44.4 Å². The summed E-state index contributed by atoms with van der Waals surface area (Å²) in [5, 5.41) is 12.3. The largest absolute Gasteiger partial charge is 0.455 e. The first kappa shape index (κ1) is 12.1. The molecule has 0 unspecified atom stereocenters. The van der Waals surface area contributed by atoms with Crippen LogP contribution in [-0.2, 0) is 6.54 Å². The van der Waals surface area contributed by atoms with Crippen LogP contribution in [0.2, 0.25) is 0 Å². The molecule has 0 spiro atoms. The van der Waals surface area contributed by atoms with E-state index in [9.17, 15) is 9.90 Å². The summed E-state index contributed by atoms with van der Waals surface area (Å²) in [6.07, 6.45) is 2.92. The average molecular weight is 238 g/mol. The first-order valence-corrected chi connectivity index (χ1v) is 5.96. The number of nitrogens with one attached hydrogen (secondary N) is 1. The molecular formula is C12H18N2O3. The van der Waals surface area contributed by atoms with Gasteiger partial charge in [0.1, 0.15) is 5.76 Å². The highest BCUT2D eigenvalue weighted by molar-refractivity contribution is 5.91. The van der Waals surface area contributed by atoms with Crippen molar-refractivity contribution in [3.05, 3.63) is 23.7 Å². The first-order chi connectivity index (χ1) is 8.19. The number of hydrogen-bond donors (Lipinski definition) is 3. The predicted octanol–water partition coefficient (Wildman–Crippen LogP) is 0.772. The number of aliphatic hydroxyl groups is 1. The molecule has 1 aliphatic carbocycles. The zero-order chi connectivity index (χ0) is 12.3. The SMILES string of the molecule is NCc1ccc(C(=O)NC2CCC(O)CC2)o1. The molecule has 0 atom stereocenters. The fraction of sp³-hybridized carbons (Fsp3) is 0.583. The number of amides is 1. The summed E-state index contributed by atoms with van der Waals surface area (Å²) in [5.41, 5.74) is 5.41. The van der Waals surface area contributed by atoms with Crippen LogP contribution in [0, 0.1) is 0 Å². The van der Waals surface area contributed by atoms with Gasteiger partial charge in [0, 0.05) is 6.04 Å². The lowest BCUT2D eigenvalue weighted by molar-refractivity contribution is 0.0841. The summed E-state index contributed by atoms with van der Waals surface area (Å²) >= 11 is 0. The van der Waals surface area contributed by atoms with Crippen LogP contribution in [0.3, 0.4) is 0 Å². The zero-order valence-electron chi connectivity index (χ0n) is 9.69. The van der Waals surface area contributed by atoms with E-state index in [0.717, 1.165) is 25.7 Å². The van der Waals surface area contributed by atoms with Crippen molar-refractivity contribution in [3.8, 4) is 0 Å².